The minimum Gasteiger partial charge on any atom is -0.480 e. The Morgan fingerprint density at radius 2 is 2.18 bits per heavy atom. The Hall–Kier alpha value is -1.89. The molecule has 122 valence electrons. The number of carboxylic acids is 1. The highest BCUT2D eigenvalue weighted by Gasteiger charge is 2.13. The summed E-state index contributed by atoms with van der Waals surface area (Å²) in [4.78, 5) is 26.6. The van der Waals surface area contributed by atoms with Gasteiger partial charge in [0, 0.05) is 25.5 Å². The van der Waals surface area contributed by atoms with Gasteiger partial charge in [-0.3, -0.25) is 14.2 Å². The van der Waals surface area contributed by atoms with Gasteiger partial charge in [-0.1, -0.05) is 19.3 Å². The number of hydrogen-bond donors (Lipinski definition) is 2. The van der Waals surface area contributed by atoms with Crippen molar-refractivity contribution in [2.45, 2.75) is 51.2 Å². The molecular formula is C15H23N3O4. The Kier molecular flexibility index (Phi) is 6.39. The smallest absolute Gasteiger partial charge is 0.323 e. The molecule has 0 saturated heterocycles. The van der Waals surface area contributed by atoms with E-state index >= 15 is 0 Å². The van der Waals surface area contributed by atoms with Crippen molar-refractivity contribution < 1.29 is 14.6 Å². The average molecular weight is 309 g/mol. The van der Waals surface area contributed by atoms with Crippen molar-refractivity contribution in [3.63, 3.8) is 0 Å². The van der Waals surface area contributed by atoms with E-state index in [0.717, 1.165) is 23.8 Å². The van der Waals surface area contributed by atoms with Crippen LogP contribution < -0.4 is 10.9 Å². The number of anilines is 1. The molecule has 2 rings (SSSR count). The Balaban J connectivity index is 1.72. The van der Waals surface area contributed by atoms with Gasteiger partial charge in [-0.15, -0.1) is 0 Å². The zero-order valence-electron chi connectivity index (χ0n) is 12.7. The highest BCUT2D eigenvalue weighted by atomic mass is 16.5. The van der Waals surface area contributed by atoms with Crippen molar-refractivity contribution in [2.75, 3.05) is 18.5 Å². The minimum atomic E-state index is -1.06. The molecule has 1 fully saturated rings. The van der Waals surface area contributed by atoms with Crippen LogP contribution in [0.5, 0.6) is 0 Å². The first-order valence-electron chi connectivity index (χ1n) is 7.79. The Labute approximate surface area is 129 Å². The largest absolute Gasteiger partial charge is 0.480 e. The van der Waals surface area contributed by atoms with Crippen molar-refractivity contribution in [2.24, 2.45) is 0 Å². The highest BCUT2D eigenvalue weighted by Crippen LogP contribution is 2.20. The lowest BCUT2D eigenvalue weighted by Gasteiger charge is -2.21. The zero-order valence-corrected chi connectivity index (χ0v) is 12.7. The molecule has 0 unspecified atom stereocenters. The van der Waals surface area contributed by atoms with Gasteiger partial charge in [-0.05, 0) is 19.3 Å². The van der Waals surface area contributed by atoms with Crippen LogP contribution in [0.25, 0.3) is 0 Å². The van der Waals surface area contributed by atoms with Gasteiger partial charge in [0.2, 0.25) is 0 Å². The molecule has 7 nitrogen and oxygen atoms in total. The Morgan fingerprint density at radius 3 is 2.91 bits per heavy atom. The van der Waals surface area contributed by atoms with Crippen molar-refractivity contribution in [3.8, 4) is 0 Å². The molecule has 0 atom stereocenters. The van der Waals surface area contributed by atoms with Crippen LogP contribution in [0.3, 0.4) is 0 Å². The van der Waals surface area contributed by atoms with E-state index in [1.54, 1.807) is 0 Å². The molecule has 0 aliphatic heterocycles. The van der Waals surface area contributed by atoms with E-state index in [1.807, 2.05) is 0 Å². The van der Waals surface area contributed by atoms with Crippen LogP contribution in [0.1, 0.15) is 38.5 Å². The van der Waals surface area contributed by atoms with Gasteiger partial charge in [0.1, 0.15) is 6.54 Å². The molecular weight excluding hydrogens is 286 g/mol. The maximum absolute atomic E-state index is 12.0. The summed E-state index contributed by atoms with van der Waals surface area (Å²) in [5.41, 5.74) is -0.418. The molecule has 0 bridgehead atoms. The molecule has 1 saturated carbocycles. The lowest BCUT2D eigenvalue weighted by molar-refractivity contribution is -0.137. The summed E-state index contributed by atoms with van der Waals surface area (Å²) < 4.78 is 6.93. The van der Waals surface area contributed by atoms with Crippen LogP contribution >= 0.6 is 0 Å². The van der Waals surface area contributed by atoms with Crippen LogP contribution in [0, 0.1) is 0 Å². The lowest BCUT2D eigenvalue weighted by atomic mass is 9.98. The van der Waals surface area contributed by atoms with Crippen LogP contribution in [-0.2, 0) is 16.1 Å². The number of aromatic nitrogens is 2. The molecule has 22 heavy (non-hydrogen) atoms. The Bertz CT molecular complexity index is 538. The highest BCUT2D eigenvalue weighted by molar-refractivity contribution is 5.66. The van der Waals surface area contributed by atoms with Gasteiger partial charge in [-0.2, -0.15) is 0 Å². The van der Waals surface area contributed by atoms with Crippen LogP contribution in [0.15, 0.2) is 17.2 Å². The summed E-state index contributed by atoms with van der Waals surface area (Å²) in [5.74, 6) is -0.874. The number of carboxylic acid groups (broad SMARTS) is 1. The van der Waals surface area contributed by atoms with Crippen LogP contribution in [0.2, 0.25) is 0 Å². The Morgan fingerprint density at radius 1 is 1.41 bits per heavy atom. The summed E-state index contributed by atoms with van der Waals surface area (Å²) in [6.07, 6.45) is 10.1. The first kappa shape index (κ1) is 16.5. The lowest BCUT2D eigenvalue weighted by Crippen LogP contribution is -2.27. The first-order chi connectivity index (χ1) is 10.7. The number of hydrogen-bond acceptors (Lipinski definition) is 5. The zero-order chi connectivity index (χ0) is 15.8. The quantitative estimate of drug-likeness (QED) is 0.707. The minimum absolute atomic E-state index is 0.182. The van der Waals surface area contributed by atoms with E-state index in [4.69, 9.17) is 9.84 Å². The maximum atomic E-state index is 12.0. The third-order valence-corrected chi connectivity index (χ3v) is 3.74. The van der Waals surface area contributed by atoms with Gasteiger partial charge >= 0.3 is 5.97 Å². The second kappa shape index (κ2) is 8.53. The second-order valence-electron chi connectivity index (χ2n) is 5.51. The predicted molar refractivity (Wildman–Crippen MR) is 82.1 cm³/mol. The molecule has 1 aliphatic rings. The van der Waals surface area contributed by atoms with Crippen molar-refractivity contribution >= 4 is 11.8 Å². The second-order valence-corrected chi connectivity index (χ2v) is 5.51. The normalized spacial score (nSPS) is 15.6. The van der Waals surface area contributed by atoms with E-state index < -0.39 is 11.5 Å². The summed E-state index contributed by atoms with van der Waals surface area (Å²) >= 11 is 0. The van der Waals surface area contributed by atoms with Crippen molar-refractivity contribution in [3.05, 3.63) is 22.7 Å². The monoisotopic (exact) mass is 309 g/mol. The number of aliphatic carboxylic acids is 1. The fourth-order valence-electron chi connectivity index (χ4n) is 2.60. The molecule has 7 heteroatoms. The first-order valence-corrected chi connectivity index (χ1v) is 7.79. The van der Waals surface area contributed by atoms with E-state index in [2.05, 4.69) is 10.3 Å². The van der Waals surface area contributed by atoms with Gasteiger partial charge < -0.3 is 15.2 Å². The van der Waals surface area contributed by atoms with E-state index in [0.29, 0.717) is 19.3 Å². The van der Waals surface area contributed by atoms with Crippen molar-refractivity contribution in [1.29, 1.82) is 0 Å². The molecule has 1 aliphatic carbocycles. The molecule has 1 aromatic heterocycles. The number of rotatable bonds is 8. The van der Waals surface area contributed by atoms with Gasteiger partial charge in [0.15, 0.2) is 5.82 Å². The van der Waals surface area contributed by atoms with E-state index in [-0.39, 0.29) is 12.4 Å². The summed E-state index contributed by atoms with van der Waals surface area (Å²) in [7, 11) is 0. The molecule has 1 aromatic rings. The topological polar surface area (TPSA) is 93.4 Å². The van der Waals surface area contributed by atoms with Crippen molar-refractivity contribution in [1.82, 2.24) is 9.55 Å². The third kappa shape index (κ3) is 5.14. The number of nitrogens with one attached hydrogen (secondary N) is 1. The third-order valence-electron chi connectivity index (χ3n) is 3.74. The fraction of sp³-hybridized carbons (Fsp3) is 0.667. The fourth-order valence-corrected chi connectivity index (χ4v) is 2.60. The molecule has 0 radical (unpaired) electrons. The van der Waals surface area contributed by atoms with Crippen LogP contribution in [-0.4, -0.2) is 39.9 Å². The molecule has 0 aromatic carbocycles. The van der Waals surface area contributed by atoms with Gasteiger partial charge in [0.25, 0.3) is 5.56 Å². The molecule has 0 amide bonds. The summed E-state index contributed by atoms with van der Waals surface area (Å²) in [6, 6.07) is 0. The molecule has 0 spiro atoms. The van der Waals surface area contributed by atoms with Crippen LogP contribution in [0.4, 0.5) is 5.82 Å². The summed E-state index contributed by atoms with van der Waals surface area (Å²) in [5, 5.41) is 11.7. The average Bonchev–Trinajstić information content (AvgIpc) is 2.51. The predicted octanol–water partition coefficient (Wildman–Crippen LogP) is 1.48. The summed E-state index contributed by atoms with van der Waals surface area (Å²) in [6.45, 7) is 0.876. The van der Waals surface area contributed by atoms with E-state index in [9.17, 15) is 9.59 Å². The SMILES string of the molecule is O=C(O)Cn1ccnc(NCCCOC2CCCCC2)c1=O. The molecule has 1 heterocycles. The van der Waals surface area contributed by atoms with Gasteiger partial charge in [0.05, 0.1) is 6.10 Å². The number of carbonyl (C=O) groups is 1. The van der Waals surface area contributed by atoms with E-state index in [1.165, 1.54) is 31.7 Å². The standard InChI is InChI=1S/C15H23N3O4/c19-13(20)11-18-9-8-17-14(15(18)21)16-7-4-10-22-12-5-2-1-3-6-12/h8-9,12H,1-7,10-11H2,(H,16,17)(H,19,20). The van der Waals surface area contributed by atoms with Gasteiger partial charge in [-0.25, -0.2) is 4.98 Å². The number of nitrogens with zero attached hydrogens (tertiary/aromatic N) is 2. The maximum Gasteiger partial charge on any atom is 0.323 e. The molecule has 2 N–H and O–H groups in total. The number of ether oxygens (including phenoxy) is 1.